The topological polar surface area (TPSA) is 67.2 Å². The van der Waals surface area contributed by atoms with Gasteiger partial charge in [-0.25, -0.2) is 0 Å². The lowest BCUT2D eigenvalue weighted by Gasteiger charge is -2.05. The quantitative estimate of drug-likeness (QED) is 0.861. The zero-order chi connectivity index (χ0) is 15.2. The van der Waals surface area contributed by atoms with E-state index in [1.165, 1.54) is 6.07 Å². The molecule has 0 aliphatic heterocycles. The lowest BCUT2D eigenvalue weighted by molar-refractivity contribution is -0.120. The summed E-state index contributed by atoms with van der Waals surface area (Å²) in [6.45, 7) is 3.42. The van der Waals surface area contributed by atoms with Crippen LogP contribution in [0.3, 0.4) is 0 Å². The minimum absolute atomic E-state index is 0.0177. The normalized spacial score (nSPS) is 10.6. The van der Waals surface area contributed by atoms with E-state index in [2.05, 4.69) is 17.3 Å². The highest BCUT2D eigenvalue weighted by Crippen LogP contribution is 2.23. The minimum atomic E-state index is -0.0972. The molecule has 2 N–H and O–H groups in total. The second-order valence-corrected chi connectivity index (χ2v) is 5.26. The highest BCUT2D eigenvalue weighted by molar-refractivity contribution is 6.32. The van der Waals surface area contributed by atoms with Crippen molar-refractivity contribution in [3.8, 4) is 5.75 Å². The largest absolute Gasteiger partial charge is 0.506 e. The van der Waals surface area contributed by atoms with Gasteiger partial charge in [0.05, 0.1) is 17.6 Å². The second-order valence-electron chi connectivity index (χ2n) is 4.85. The summed E-state index contributed by atoms with van der Waals surface area (Å²) in [5.74, 6) is -0.0795. The molecule has 1 aromatic heterocycles. The molecule has 0 fully saturated rings. The Bertz CT molecular complexity index is 625. The molecule has 0 spiro atoms. The van der Waals surface area contributed by atoms with Crippen molar-refractivity contribution < 1.29 is 9.90 Å². The molecule has 6 heteroatoms. The van der Waals surface area contributed by atoms with E-state index in [9.17, 15) is 9.90 Å². The van der Waals surface area contributed by atoms with E-state index >= 15 is 0 Å². The van der Waals surface area contributed by atoms with Crippen LogP contribution >= 0.6 is 11.6 Å². The standard InChI is InChI=1S/C15H18ClN3O2/c1-2-5-19-10-12(9-18-19)8-17-15(21)7-11-3-4-14(20)13(16)6-11/h3-4,6,9-10,20H,2,5,7-8H2,1H3,(H,17,21). The van der Waals surface area contributed by atoms with Gasteiger partial charge in [-0.05, 0) is 24.1 Å². The lowest BCUT2D eigenvalue weighted by atomic mass is 10.1. The average molecular weight is 308 g/mol. The molecule has 0 bridgehead atoms. The van der Waals surface area contributed by atoms with E-state index in [-0.39, 0.29) is 23.1 Å². The van der Waals surface area contributed by atoms with E-state index in [1.807, 2.05) is 10.9 Å². The van der Waals surface area contributed by atoms with Gasteiger partial charge in [0, 0.05) is 24.8 Å². The molecular weight excluding hydrogens is 290 g/mol. The van der Waals surface area contributed by atoms with Gasteiger partial charge in [-0.2, -0.15) is 5.10 Å². The van der Waals surface area contributed by atoms with Crippen LogP contribution in [0.4, 0.5) is 0 Å². The summed E-state index contributed by atoms with van der Waals surface area (Å²) in [5.41, 5.74) is 1.73. The maximum Gasteiger partial charge on any atom is 0.224 e. The Kier molecular flexibility index (Phi) is 5.22. The Hall–Kier alpha value is -2.01. The molecule has 0 saturated carbocycles. The smallest absolute Gasteiger partial charge is 0.224 e. The molecule has 112 valence electrons. The molecule has 0 aliphatic carbocycles. The molecule has 5 nitrogen and oxygen atoms in total. The average Bonchev–Trinajstić information content (AvgIpc) is 2.89. The maximum absolute atomic E-state index is 11.9. The van der Waals surface area contributed by atoms with Crippen LogP contribution in [0.2, 0.25) is 5.02 Å². The predicted molar refractivity (Wildman–Crippen MR) is 81.2 cm³/mol. The van der Waals surface area contributed by atoms with Crippen LogP contribution in [0.1, 0.15) is 24.5 Å². The fourth-order valence-electron chi connectivity index (χ4n) is 1.96. The fourth-order valence-corrected chi connectivity index (χ4v) is 2.16. The molecule has 1 heterocycles. The molecule has 1 amide bonds. The molecular formula is C15H18ClN3O2. The Morgan fingerprint density at radius 2 is 2.24 bits per heavy atom. The molecule has 1 aromatic carbocycles. The number of rotatable bonds is 6. The number of halogens is 1. The first-order chi connectivity index (χ1) is 10.1. The molecule has 0 saturated heterocycles. The van der Waals surface area contributed by atoms with Crippen LogP contribution in [0.25, 0.3) is 0 Å². The van der Waals surface area contributed by atoms with Crippen LogP contribution in [-0.2, 0) is 24.3 Å². The van der Waals surface area contributed by atoms with Gasteiger partial charge in [-0.3, -0.25) is 9.48 Å². The molecule has 0 aliphatic rings. The van der Waals surface area contributed by atoms with E-state index < -0.39 is 0 Å². The van der Waals surface area contributed by atoms with E-state index in [0.29, 0.717) is 6.54 Å². The van der Waals surface area contributed by atoms with Crippen LogP contribution in [0.15, 0.2) is 30.6 Å². The first-order valence-corrected chi connectivity index (χ1v) is 7.21. The van der Waals surface area contributed by atoms with Crippen molar-refractivity contribution in [2.24, 2.45) is 0 Å². The van der Waals surface area contributed by atoms with Crippen molar-refractivity contribution in [2.75, 3.05) is 0 Å². The molecule has 2 aromatic rings. The van der Waals surface area contributed by atoms with Gasteiger partial charge >= 0.3 is 0 Å². The van der Waals surface area contributed by atoms with Crippen molar-refractivity contribution >= 4 is 17.5 Å². The van der Waals surface area contributed by atoms with Crippen molar-refractivity contribution in [1.29, 1.82) is 0 Å². The number of phenolic OH excluding ortho intramolecular Hbond substituents is 1. The fraction of sp³-hybridized carbons (Fsp3) is 0.333. The van der Waals surface area contributed by atoms with Crippen molar-refractivity contribution in [1.82, 2.24) is 15.1 Å². The molecule has 0 radical (unpaired) electrons. The summed E-state index contributed by atoms with van der Waals surface area (Å²) in [4.78, 5) is 11.9. The summed E-state index contributed by atoms with van der Waals surface area (Å²) in [7, 11) is 0. The van der Waals surface area contributed by atoms with E-state index in [4.69, 9.17) is 11.6 Å². The van der Waals surface area contributed by atoms with Gasteiger partial charge in [0.25, 0.3) is 0 Å². The van der Waals surface area contributed by atoms with Crippen LogP contribution in [-0.4, -0.2) is 20.8 Å². The zero-order valence-electron chi connectivity index (χ0n) is 11.8. The first-order valence-electron chi connectivity index (χ1n) is 6.84. The van der Waals surface area contributed by atoms with Gasteiger partial charge in [0.1, 0.15) is 5.75 Å². The summed E-state index contributed by atoms with van der Waals surface area (Å²) in [6.07, 6.45) is 4.94. The van der Waals surface area contributed by atoms with E-state index in [1.54, 1.807) is 18.3 Å². The zero-order valence-corrected chi connectivity index (χ0v) is 12.6. The number of amides is 1. The number of nitrogens with one attached hydrogen (secondary N) is 1. The summed E-state index contributed by atoms with van der Waals surface area (Å²) in [5, 5.41) is 16.6. The Morgan fingerprint density at radius 1 is 1.43 bits per heavy atom. The highest BCUT2D eigenvalue weighted by Gasteiger charge is 2.06. The number of aromatic nitrogens is 2. The van der Waals surface area contributed by atoms with Gasteiger partial charge in [-0.1, -0.05) is 24.6 Å². The Morgan fingerprint density at radius 3 is 2.95 bits per heavy atom. The minimum Gasteiger partial charge on any atom is -0.506 e. The predicted octanol–water partition coefficient (Wildman–Crippen LogP) is 2.51. The van der Waals surface area contributed by atoms with Crippen molar-refractivity contribution in [2.45, 2.75) is 32.9 Å². The number of hydrogen-bond donors (Lipinski definition) is 2. The Balaban J connectivity index is 1.85. The summed E-state index contributed by atoms with van der Waals surface area (Å²) >= 11 is 5.81. The third-order valence-electron chi connectivity index (χ3n) is 3.01. The molecule has 0 unspecified atom stereocenters. The second kappa shape index (κ2) is 7.13. The van der Waals surface area contributed by atoms with Crippen molar-refractivity contribution in [3.63, 3.8) is 0 Å². The summed E-state index contributed by atoms with van der Waals surface area (Å²) < 4.78 is 1.86. The lowest BCUT2D eigenvalue weighted by Crippen LogP contribution is -2.24. The maximum atomic E-state index is 11.9. The number of benzene rings is 1. The van der Waals surface area contributed by atoms with E-state index in [0.717, 1.165) is 24.1 Å². The third-order valence-corrected chi connectivity index (χ3v) is 3.31. The van der Waals surface area contributed by atoms with Crippen LogP contribution < -0.4 is 5.32 Å². The molecule has 21 heavy (non-hydrogen) atoms. The SMILES string of the molecule is CCCn1cc(CNC(=O)Cc2ccc(O)c(Cl)c2)cn1. The number of aryl methyl sites for hydroxylation is 1. The molecule has 0 atom stereocenters. The molecule has 2 rings (SSSR count). The highest BCUT2D eigenvalue weighted by atomic mass is 35.5. The third kappa shape index (κ3) is 4.49. The number of carbonyl (C=O) groups excluding carboxylic acids is 1. The van der Waals surface area contributed by atoms with Gasteiger partial charge < -0.3 is 10.4 Å². The first kappa shape index (κ1) is 15.4. The monoisotopic (exact) mass is 307 g/mol. The van der Waals surface area contributed by atoms with Gasteiger partial charge in [0.2, 0.25) is 5.91 Å². The van der Waals surface area contributed by atoms with Crippen molar-refractivity contribution in [3.05, 3.63) is 46.7 Å². The number of hydrogen-bond acceptors (Lipinski definition) is 3. The van der Waals surface area contributed by atoms with Crippen LogP contribution in [0, 0.1) is 0 Å². The number of phenols is 1. The van der Waals surface area contributed by atoms with Gasteiger partial charge in [0.15, 0.2) is 0 Å². The number of aromatic hydroxyl groups is 1. The number of nitrogens with zero attached hydrogens (tertiary/aromatic N) is 2. The van der Waals surface area contributed by atoms with Gasteiger partial charge in [-0.15, -0.1) is 0 Å². The number of carbonyl (C=O) groups is 1. The van der Waals surface area contributed by atoms with Crippen LogP contribution in [0.5, 0.6) is 5.75 Å². The summed E-state index contributed by atoms with van der Waals surface area (Å²) in [6, 6.07) is 4.76. The Labute approximate surface area is 128 Å².